The second-order valence-electron chi connectivity index (χ2n) is 4.64. The summed E-state index contributed by atoms with van der Waals surface area (Å²) in [5.41, 5.74) is 4.49. The molecule has 0 N–H and O–H groups in total. The topological polar surface area (TPSA) is 9.23 Å². The monoisotopic (exact) mass is 250 g/mol. The van der Waals surface area contributed by atoms with Crippen LogP contribution in [0.4, 0.5) is 0 Å². The van der Waals surface area contributed by atoms with E-state index in [9.17, 15) is 0 Å². The molecule has 0 aromatic heterocycles. The van der Waals surface area contributed by atoms with E-state index in [2.05, 4.69) is 30.8 Å². The lowest BCUT2D eigenvalue weighted by atomic mass is 10.0. The third-order valence-electron chi connectivity index (χ3n) is 2.76. The molecule has 2 aromatic rings. The summed E-state index contributed by atoms with van der Waals surface area (Å²) in [7, 11) is 0. The van der Waals surface area contributed by atoms with Crippen LogP contribution in [0.1, 0.15) is 19.4 Å². The summed E-state index contributed by atoms with van der Waals surface area (Å²) >= 11 is 0. The highest BCUT2D eigenvalue weighted by Gasteiger charge is 2.03. The molecule has 0 saturated carbocycles. The maximum Gasteiger partial charge on any atom is 0.133 e. The molecule has 0 saturated heterocycles. The third kappa shape index (κ3) is 3.35. The Labute approximate surface area is 114 Å². The van der Waals surface area contributed by atoms with Gasteiger partial charge in [-0.2, -0.15) is 0 Å². The Kier molecular flexibility index (Phi) is 4.19. The van der Waals surface area contributed by atoms with E-state index in [1.165, 1.54) is 11.1 Å². The quantitative estimate of drug-likeness (QED) is 0.669. The molecule has 2 rings (SSSR count). The predicted octanol–water partition coefficient (Wildman–Crippen LogP) is 5.30. The maximum atomic E-state index is 5.65. The van der Waals surface area contributed by atoms with Gasteiger partial charge < -0.3 is 4.74 Å². The molecule has 0 fully saturated rings. The van der Waals surface area contributed by atoms with Crippen LogP contribution in [0.5, 0.6) is 5.75 Å². The molecule has 0 heterocycles. The summed E-state index contributed by atoms with van der Waals surface area (Å²) in [4.78, 5) is 0. The SMILES string of the molecule is C=Cc1cc(-c2ccccc2)ccc1OC=C(C)C. The number of benzene rings is 2. The Bertz CT molecular complexity index is 590. The van der Waals surface area contributed by atoms with E-state index in [0.717, 1.165) is 16.9 Å². The summed E-state index contributed by atoms with van der Waals surface area (Å²) in [6.45, 7) is 7.86. The number of allylic oxidation sites excluding steroid dienone is 1. The van der Waals surface area contributed by atoms with Crippen LogP contribution in [0.25, 0.3) is 17.2 Å². The van der Waals surface area contributed by atoms with Crippen molar-refractivity contribution in [2.45, 2.75) is 13.8 Å². The van der Waals surface area contributed by atoms with Crippen molar-refractivity contribution in [3.63, 3.8) is 0 Å². The average molecular weight is 250 g/mol. The Balaban J connectivity index is 2.36. The van der Waals surface area contributed by atoms with Crippen molar-refractivity contribution < 1.29 is 4.74 Å². The first-order valence-electron chi connectivity index (χ1n) is 6.32. The van der Waals surface area contributed by atoms with Gasteiger partial charge in [0.2, 0.25) is 0 Å². The molecule has 2 aromatic carbocycles. The lowest BCUT2D eigenvalue weighted by molar-refractivity contribution is 0.474. The Morgan fingerprint density at radius 2 is 1.74 bits per heavy atom. The van der Waals surface area contributed by atoms with Crippen LogP contribution in [-0.4, -0.2) is 0 Å². The minimum atomic E-state index is 0.830. The smallest absolute Gasteiger partial charge is 0.133 e. The molecule has 0 aliphatic heterocycles. The van der Waals surface area contributed by atoms with Gasteiger partial charge in [-0.3, -0.25) is 0 Å². The van der Waals surface area contributed by atoms with Crippen molar-refractivity contribution in [2.75, 3.05) is 0 Å². The van der Waals surface area contributed by atoms with Crippen molar-refractivity contribution in [1.82, 2.24) is 0 Å². The molecular weight excluding hydrogens is 232 g/mol. The van der Waals surface area contributed by atoms with Gasteiger partial charge in [-0.15, -0.1) is 0 Å². The number of rotatable bonds is 4. The molecule has 0 radical (unpaired) electrons. The summed E-state index contributed by atoms with van der Waals surface area (Å²) in [5, 5.41) is 0. The summed E-state index contributed by atoms with van der Waals surface area (Å²) in [6, 6.07) is 16.4. The second kappa shape index (κ2) is 6.05. The van der Waals surface area contributed by atoms with E-state index in [1.54, 1.807) is 6.26 Å². The largest absolute Gasteiger partial charge is 0.464 e. The number of hydrogen-bond acceptors (Lipinski definition) is 1. The lowest BCUT2D eigenvalue weighted by Crippen LogP contribution is -1.88. The molecular formula is C18H18O. The van der Waals surface area contributed by atoms with Crippen LogP contribution < -0.4 is 4.74 Å². The number of ether oxygens (including phenoxy) is 1. The molecule has 0 bridgehead atoms. The Hall–Kier alpha value is -2.28. The summed E-state index contributed by atoms with van der Waals surface area (Å²) < 4.78 is 5.65. The van der Waals surface area contributed by atoms with Gasteiger partial charge >= 0.3 is 0 Å². The molecule has 0 aliphatic carbocycles. The van der Waals surface area contributed by atoms with E-state index in [0.29, 0.717) is 0 Å². The van der Waals surface area contributed by atoms with Crippen molar-refractivity contribution in [1.29, 1.82) is 0 Å². The average Bonchev–Trinajstić information content (AvgIpc) is 2.45. The highest BCUT2D eigenvalue weighted by Crippen LogP contribution is 2.27. The van der Waals surface area contributed by atoms with Crippen molar-refractivity contribution in [2.24, 2.45) is 0 Å². The molecule has 0 atom stereocenters. The van der Waals surface area contributed by atoms with Crippen LogP contribution in [0.3, 0.4) is 0 Å². The first-order chi connectivity index (χ1) is 9.20. The van der Waals surface area contributed by atoms with Gasteiger partial charge in [-0.25, -0.2) is 0 Å². The fourth-order valence-electron chi connectivity index (χ4n) is 1.81. The molecule has 1 nitrogen and oxygen atoms in total. The fraction of sp³-hybridized carbons (Fsp3) is 0.111. The van der Waals surface area contributed by atoms with E-state index in [4.69, 9.17) is 4.74 Å². The van der Waals surface area contributed by atoms with Gasteiger partial charge in [0.1, 0.15) is 5.75 Å². The molecule has 19 heavy (non-hydrogen) atoms. The van der Waals surface area contributed by atoms with Gasteiger partial charge in [0, 0.05) is 5.56 Å². The first-order valence-corrected chi connectivity index (χ1v) is 6.32. The molecule has 0 unspecified atom stereocenters. The van der Waals surface area contributed by atoms with Crippen molar-refractivity contribution in [3.05, 3.63) is 72.5 Å². The molecule has 1 heteroatoms. The molecule has 0 aliphatic rings. The van der Waals surface area contributed by atoms with Gasteiger partial charge in [-0.1, -0.05) is 49.1 Å². The van der Waals surface area contributed by atoms with Gasteiger partial charge in [0.15, 0.2) is 0 Å². The minimum Gasteiger partial charge on any atom is -0.464 e. The van der Waals surface area contributed by atoms with Crippen LogP contribution in [0.15, 0.2) is 66.9 Å². The standard InChI is InChI=1S/C18H18O/c1-4-15-12-17(16-8-6-5-7-9-16)10-11-18(15)19-13-14(2)3/h4-13H,1H2,2-3H3. The highest BCUT2D eigenvalue weighted by atomic mass is 16.5. The van der Waals surface area contributed by atoms with E-state index in [1.807, 2.05) is 44.2 Å². The third-order valence-corrected chi connectivity index (χ3v) is 2.76. The molecule has 96 valence electrons. The maximum absolute atomic E-state index is 5.65. The lowest BCUT2D eigenvalue weighted by Gasteiger charge is -2.08. The zero-order valence-electron chi connectivity index (χ0n) is 11.4. The van der Waals surface area contributed by atoms with Crippen molar-refractivity contribution >= 4 is 6.08 Å². The zero-order valence-corrected chi connectivity index (χ0v) is 11.4. The van der Waals surface area contributed by atoms with Gasteiger partial charge in [0.25, 0.3) is 0 Å². The fourth-order valence-corrected chi connectivity index (χ4v) is 1.81. The normalized spacial score (nSPS) is 9.79. The molecule has 0 amide bonds. The Morgan fingerprint density at radius 1 is 1.00 bits per heavy atom. The van der Waals surface area contributed by atoms with Gasteiger partial charge in [-0.05, 0) is 42.7 Å². The molecule has 0 spiro atoms. The highest BCUT2D eigenvalue weighted by molar-refractivity contribution is 5.70. The van der Waals surface area contributed by atoms with Crippen LogP contribution >= 0.6 is 0 Å². The van der Waals surface area contributed by atoms with E-state index >= 15 is 0 Å². The number of hydrogen-bond donors (Lipinski definition) is 0. The minimum absolute atomic E-state index is 0.830. The second-order valence-corrected chi connectivity index (χ2v) is 4.64. The van der Waals surface area contributed by atoms with E-state index in [-0.39, 0.29) is 0 Å². The Morgan fingerprint density at radius 3 is 2.37 bits per heavy atom. The summed E-state index contributed by atoms with van der Waals surface area (Å²) in [6.07, 6.45) is 3.57. The predicted molar refractivity (Wildman–Crippen MR) is 82.0 cm³/mol. The van der Waals surface area contributed by atoms with Crippen LogP contribution in [-0.2, 0) is 0 Å². The van der Waals surface area contributed by atoms with Crippen LogP contribution in [0, 0.1) is 0 Å². The first kappa shape index (κ1) is 13.2. The zero-order chi connectivity index (χ0) is 13.7. The van der Waals surface area contributed by atoms with Crippen LogP contribution in [0.2, 0.25) is 0 Å². The summed E-state index contributed by atoms with van der Waals surface area (Å²) in [5.74, 6) is 0.830. The van der Waals surface area contributed by atoms with Crippen molar-refractivity contribution in [3.8, 4) is 16.9 Å². The van der Waals surface area contributed by atoms with E-state index < -0.39 is 0 Å². The van der Waals surface area contributed by atoms with Gasteiger partial charge in [0.05, 0.1) is 6.26 Å².